The lowest BCUT2D eigenvalue weighted by molar-refractivity contribution is 0.0652. The minimum absolute atomic E-state index is 0.0379. The molecular formula is C16H20N4O2. The molecule has 1 amide bonds. The molecule has 0 radical (unpaired) electrons. The summed E-state index contributed by atoms with van der Waals surface area (Å²) < 4.78 is 0. The molecule has 22 heavy (non-hydrogen) atoms. The number of H-pyrrole nitrogens is 1. The molecule has 2 aromatic rings. The fourth-order valence-electron chi connectivity index (χ4n) is 2.99. The number of nitrogens with one attached hydrogen (secondary N) is 1. The largest absolute Gasteiger partial charge is 0.337 e. The van der Waals surface area contributed by atoms with Gasteiger partial charge in [0.15, 0.2) is 5.69 Å². The van der Waals surface area contributed by atoms with E-state index in [1.165, 1.54) is 0 Å². The molecule has 1 fully saturated rings. The van der Waals surface area contributed by atoms with Gasteiger partial charge in [0.25, 0.3) is 5.91 Å². The predicted octanol–water partition coefficient (Wildman–Crippen LogP) is 1.12. The summed E-state index contributed by atoms with van der Waals surface area (Å²) in [5.41, 5.74) is 6.23. The Morgan fingerprint density at radius 3 is 3.00 bits per heavy atom. The van der Waals surface area contributed by atoms with Gasteiger partial charge < -0.3 is 10.6 Å². The third-order valence-electron chi connectivity index (χ3n) is 4.37. The van der Waals surface area contributed by atoms with Crippen LogP contribution in [0.15, 0.2) is 29.1 Å². The van der Waals surface area contributed by atoms with Gasteiger partial charge in [0.2, 0.25) is 5.43 Å². The number of hydrogen-bond acceptors (Lipinski definition) is 4. The van der Waals surface area contributed by atoms with Crippen LogP contribution in [0.1, 0.15) is 30.3 Å². The van der Waals surface area contributed by atoms with Crippen LogP contribution in [0.5, 0.6) is 0 Å². The second-order valence-electron chi connectivity index (χ2n) is 5.96. The lowest BCUT2D eigenvalue weighted by atomic mass is 9.92. The second kappa shape index (κ2) is 5.88. The summed E-state index contributed by atoms with van der Waals surface area (Å²) in [5, 5.41) is 7.27. The topological polar surface area (TPSA) is 92.1 Å². The van der Waals surface area contributed by atoms with Crippen LogP contribution in [0.3, 0.4) is 0 Å². The molecule has 116 valence electrons. The maximum atomic E-state index is 12.6. The van der Waals surface area contributed by atoms with Crippen LogP contribution in [0, 0.1) is 5.92 Å². The van der Waals surface area contributed by atoms with Gasteiger partial charge in [0.1, 0.15) is 0 Å². The van der Waals surface area contributed by atoms with E-state index in [1.54, 1.807) is 23.1 Å². The van der Waals surface area contributed by atoms with Crippen molar-refractivity contribution in [2.75, 3.05) is 13.1 Å². The van der Waals surface area contributed by atoms with Gasteiger partial charge in [-0.25, -0.2) is 0 Å². The smallest absolute Gasteiger partial charge is 0.278 e. The molecule has 6 heteroatoms. The van der Waals surface area contributed by atoms with Gasteiger partial charge in [0.05, 0.1) is 5.52 Å². The van der Waals surface area contributed by atoms with Crippen molar-refractivity contribution >= 4 is 16.8 Å². The summed E-state index contributed by atoms with van der Waals surface area (Å²) in [6.45, 7) is 3.19. The fraction of sp³-hybridized carbons (Fsp3) is 0.438. The normalized spacial score (nSPS) is 20.1. The number of para-hydroxylation sites is 1. The SMILES string of the molecule is C[C@H](N)[C@H]1CCCN(C(=O)c2n[nH]c3ccccc3c2=O)C1. The summed E-state index contributed by atoms with van der Waals surface area (Å²) in [7, 11) is 0. The Morgan fingerprint density at radius 1 is 1.45 bits per heavy atom. The quantitative estimate of drug-likeness (QED) is 0.869. The third kappa shape index (κ3) is 2.62. The van der Waals surface area contributed by atoms with E-state index in [0.717, 1.165) is 12.8 Å². The van der Waals surface area contributed by atoms with Crippen molar-refractivity contribution in [1.82, 2.24) is 15.1 Å². The molecule has 1 saturated heterocycles. The van der Waals surface area contributed by atoms with Gasteiger partial charge in [-0.15, -0.1) is 0 Å². The molecule has 1 aromatic carbocycles. The molecular weight excluding hydrogens is 280 g/mol. The summed E-state index contributed by atoms with van der Waals surface area (Å²) in [5.74, 6) is -0.0328. The molecule has 2 heterocycles. The molecule has 0 spiro atoms. The molecule has 0 unspecified atom stereocenters. The van der Waals surface area contributed by atoms with Crippen molar-refractivity contribution in [3.63, 3.8) is 0 Å². The number of likely N-dealkylation sites (tertiary alicyclic amines) is 1. The highest BCUT2D eigenvalue weighted by Gasteiger charge is 2.28. The summed E-state index contributed by atoms with van der Waals surface area (Å²) in [6.07, 6.45) is 1.92. The van der Waals surface area contributed by atoms with E-state index in [1.807, 2.05) is 13.0 Å². The van der Waals surface area contributed by atoms with Crippen LogP contribution >= 0.6 is 0 Å². The van der Waals surface area contributed by atoms with Gasteiger partial charge >= 0.3 is 0 Å². The van der Waals surface area contributed by atoms with Gasteiger partial charge in [-0.1, -0.05) is 12.1 Å². The average molecular weight is 300 g/mol. The molecule has 1 aliphatic rings. The van der Waals surface area contributed by atoms with Crippen molar-refractivity contribution in [3.8, 4) is 0 Å². The van der Waals surface area contributed by atoms with Gasteiger partial charge in [-0.3, -0.25) is 14.7 Å². The summed E-state index contributed by atoms with van der Waals surface area (Å²) in [6, 6.07) is 7.11. The first kappa shape index (κ1) is 14.7. The van der Waals surface area contributed by atoms with E-state index in [0.29, 0.717) is 24.0 Å². The highest BCUT2D eigenvalue weighted by Crippen LogP contribution is 2.19. The minimum Gasteiger partial charge on any atom is -0.337 e. The van der Waals surface area contributed by atoms with Crippen LogP contribution in [0.25, 0.3) is 10.9 Å². The standard InChI is InChI=1S/C16H20N4O2/c1-10(17)11-5-4-8-20(9-11)16(22)14-15(21)12-6-2-3-7-13(12)18-19-14/h2-3,6-7,10-11H,4-5,8-9,17H2,1H3,(H,18,21)/t10-,11-/m0/s1. The van der Waals surface area contributed by atoms with E-state index in [9.17, 15) is 9.59 Å². The number of carbonyl (C=O) groups is 1. The Hall–Kier alpha value is -2.21. The zero-order valence-electron chi connectivity index (χ0n) is 12.6. The van der Waals surface area contributed by atoms with Crippen LogP contribution in [-0.2, 0) is 0 Å². The Bertz CT molecular complexity index is 753. The molecule has 2 atom stereocenters. The number of piperidine rings is 1. The number of nitrogens with zero attached hydrogens (tertiary/aromatic N) is 2. The van der Waals surface area contributed by atoms with Crippen molar-refractivity contribution in [2.24, 2.45) is 11.7 Å². The zero-order valence-corrected chi connectivity index (χ0v) is 12.6. The first-order chi connectivity index (χ1) is 10.6. The Labute approximate surface area is 128 Å². The summed E-state index contributed by atoms with van der Waals surface area (Å²) >= 11 is 0. The predicted molar refractivity (Wildman–Crippen MR) is 84.6 cm³/mol. The number of fused-ring (bicyclic) bond motifs is 1. The molecule has 3 rings (SSSR count). The maximum absolute atomic E-state index is 12.6. The number of benzene rings is 1. The highest BCUT2D eigenvalue weighted by atomic mass is 16.2. The first-order valence-corrected chi connectivity index (χ1v) is 7.60. The number of rotatable bonds is 2. The third-order valence-corrected chi connectivity index (χ3v) is 4.37. The van der Waals surface area contributed by atoms with E-state index >= 15 is 0 Å². The number of aromatic amines is 1. The molecule has 3 N–H and O–H groups in total. The molecule has 0 bridgehead atoms. The molecule has 6 nitrogen and oxygen atoms in total. The van der Waals surface area contributed by atoms with Crippen molar-refractivity contribution in [3.05, 3.63) is 40.2 Å². The Balaban J connectivity index is 1.92. The Kier molecular flexibility index (Phi) is 3.94. The number of aromatic nitrogens is 2. The van der Waals surface area contributed by atoms with Crippen LogP contribution < -0.4 is 11.2 Å². The van der Waals surface area contributed by atoms with E-state index in [-0.39, 0.29) is 29.0 Å². The van der Waals surface area contributed by atoms with Crippen LogP contribution in [0.2, 0.25) is 0 Å². The Morgan fingerprint density at radius 2 is 2.23 bits per heavy atom. The van der Waals surface area contributed by atoms with Gasteiger partial charge in [-0.2, -0.15) is 5.10 Å². The van der Waals surface area contributed by atoms with E-state index < -0.39 is 0 Å². The van der Waals surface area contributed by atoms with Gasteiger partial charge in [-0.05, 0) is 37.8 Å². The van der Waals surface area contributed by atoms with Crippen molar-refractivity contribution in [1.29, 1.82) is 0 Å². The second-order valence-corrected chi connectivity index (χ2v) is 5.96. The fourth-order valence-corrected chi connectivity index (χ4v) is 2.99. The maximum Gasteiger partial charge on any atom is 0.278 e. The number of carbonyl (C=O) groups excluding carboxylic acids is 1. The molecule has 0 saturated carbocycles. The molecule has 0 aliphatic carbocycles. The first-order valence-electron chi connectivity index (χ1n) is 7.60. The monoisotopic (exact) mass is 300 g/mol. The number of nitrogens with two attached hydrogens (primary N) is 1. The zero-order chi connectivity index (χ0) is 15.7. The van der Waals surface area contributed by atoms with Crippen molar-refractivity contribution < 1.29 is 4.79 Å². The number of hydrogen-bond donors (Lipinski definition) is 2. The van der Waals surface area contributed by atoms with E-state index in [4.69, 9.17) is 5.73 Å². The van der Waals surface area contributed by atoms with Crippen LogP contribution in [-0.4, -0.2) is 40.1 Å². The van der Waals surface area contributed by atoms with Gasteiger partial charge in [0, 0.05) is 24.5 Å². The minimum atomic E-state index is -0.317. The lowest BCUT2D eigenvalue weighted by Gasteiger charge is -2.34. The summed E-state index contributed by atoms with van der Waals surface area (Å²) in [4.78, 5) is 26.8. The molecule has 1 aliphatic heterocycles. The average Bonchev–Trinajstić information content (AvgIpc) is 2.55. The lowest BCUT2D eigenvalue weighted by Crippen LogP contribution is -2.46. The highest BCUT2D eigenvalue weighted by molar-refractivity contribution is 5.95. The van der Waals surface area contributed by atoms with Crippen LogP contribution in [0.4, 0.5) is 0 Å². The van der Waals surface area contributed by atoms with E-state index in [2.05, 4.69) is 10.2 Å². The molecule has 1 aromatic heterocycles. The number of amides is 1. The van der Waals surface area contributed by atoms with Crippen molar-refractivity contribution in [2.45, 2.75) is 25.8 Å².